The van der Waals surface area contributed by atoms with Gasteiger partial charge in [-0.3, -0.25) is 20.5 Å². The minimum absolute atomic E-state index is 0.0215. The largest absolute Gasteiger partial charge is 0.324 e. The molecule has 2 amide bonds. The fourth-order valence-corrected chi connectivity index (χ4v) is 2.22. The molecular weight excluding hydrogens is 298 g/mol. The van der Waals surface area contributed by atoms with Crippen molar-refractivity contribution in [2.75, 3.05) is 10.6 Å². The zero-order valence-corrected chi connectivity index (χ0v) is 12.2. The van der Waals surface area contributed by atoms with E-state index in [2.05, 4.69) is 20.8 Å². The van der Waals surface area contributed by atoms with E-state index in [1.165, 1.54) is 18.2 Å². The molecule has 0 saturated heterocycles. The molecule has 0 saturated carbocycles. The molecule has 8 nitrogen and oxygen atoms in total. The minimum Gasteiger partial charge on any atom is -0.307 e. The number of fused-ring (bicyclic) bond motifs is 1. The van der Waals surface area contributed by atoms with Crippen LogP contribution in [0.2, 0.25) is 0 Å². The average Bonchev–Trinajstić information content (AvgIpc) is 2.92. The van der Waals surface area contributed by atoms with E-state index in [0.717, 1.165) is 10.9 Å². The topological polar surface area (TPSA) is 113 Å². The SMILES string of the molecule is Cc1cc([N+](=O)[O-])ccc1NC(=O)Nc1n[nH]c2ccccc12. The summed E-state index contributed by atoms with van der Waals surface area (Å²) < 4.78 is 0. The van der Waals surface area contributed by atoms with Gasteiger partial charge in [0.1, 0.15) is 0 Å². The Kier molecular flexibility index (Phi) is 3.63. The Labute approximate surface area is 130 Å². The molecule has 0 radical (unpaired) electrons. The maximum Gasteiger partial charge on any atom is 0.324 e. The third-order valence-corrected chi connectivity index (χ3v) is 3.37. The fourth-order valence-electron chi connectivity index (χ4n) is 2.22. The van der Waals surface area contributed by atoms with Crippen molar-refractivity contribution < 1.29 is 9.72 Å². The lowest BCUT2D eigenvalue weighted by molar-refractivity contribution is -0.384. The molecule has 23 heavy (non-hydrogen) atoms. The predicted molar refractivity (Wildman–Crippen MR) is 86.6 cm³/mol. The summed E-state index contributed by atoms with van der Waals surface area (Å²) in [6.45, 7) is 1.69. The number of nitrogens with one attached hydrogen (secondary N) is 3. The number of rotatable bonds is 3. The van der Waals surface area contributed by atoms with E-state index in [1.807, 2.05) is 24.3 Å². The van der Waals surface area contributed by atoms with Crippen molar-refractivity contribution >= 4 is 34.1 Å². The second-order valence-electron chi connectivity index (χ2n) is 4.95. The van der Waals surface area contributed by atoms with Crippen molar-refractivity contribution in [2.45, 2.75) is 6.92 Å². The number of hydrogen-bond donors (Lipinski definition) is 3. The van der Waals surface area contributed by atoms with Gasteiger partial charge in [-0.1, -0.05) is 12.1 Å². The summed E-state index contributed by atoms with van der Waals surface area (Å²) >= 11 is 0. The number of amides is 2. The van der Waals surface area contributed by atoms with Gasteiger partial charge in [0.2, 0.25) is 0 Å². The average molecular weight is 311 g/mol. The first-order valence-electron chi connectivity index (χ1n) is 6.81. The summed E-state index contributed by atoms with van der Waals surface area (Å²) in [5.41, 5.74) is 1.88. The van der Waals surface area contributed by atoms with Crippen LogP contribution < -0.4 is 10.6 Å². The van der Waals surface area contributed by atoms with Crippen LogP contribution in [0.15, 0.2) is 42.5 Å². The number of urea groups is 1. The van der Waals surface area contributed by atoms with E-state index in [1.54, 1.807) is 6.92 Å². The molecular formula is C15H13N5O3. The number of hydrogen-bond acceptors (Lipinski definition) is 4. The van der Waals surface area contributed by atoms with E-state index >= 15 is 0 Å². The number of aryl methyl sites for hydroxylation is 1. The second-order valence-corrected chi connectivity index (χ2v) is 4.95. The summed E-state index contributed by atoms with van der Waals surface area (Å²) in [6, 6.07) is 11.2. The summed E-state index contributed by atoms with van der Waals surface area (Å²) in [7, 11) is 0. The van der Waals surface area contributed by atoms with Crippen LogP contribution >= 0.6 is 0 Å². The molecule has 3 rings (SSSR count). The predicted octanol–water partition coefficient (Wildman–Crippen LogP) is 3.42. The van der Waals surface area contributed by atoms with Gasteiger partial charge in [-0.15, -0.1) is 0 Å². The molecule has 3 N–H and O–H groups in total. The lowest BCUT2D eigenvalue weighted by Crippen LogP contribution is -2.20. The van der Waals surface area contributed by atoms with E-state index in [4.69, 9.17) is 0 Å². The summed E-state index contributed by atoms with van der Waals surface area (Å²) in [5.74, 6) is 0.415. The number of H-pyrrole nitrogens is 1. The van der Waals surface area contributed by atoms with E-state index in [0.29, 0.717) is 17.1 Å². The number of carbonyl (C=O) groups is 1. The first-order valence-corrected chi connectivity index (χ1v) is 6.81. The Hall–Kier alpha value is -3.42. The van der Waals surface area contributed by atoms with Crippen LogP contribution in [0.1, 0.15) is 5.56 Å². The van der Waals surface area contributed by atoms with Gasteiger partial charge < -0.3 is 5.32 Å². The molecule has 0 spiro atoms. The molecule has 0 unspecified atom stereocenters. The van der Waals surface area contributed by atoms with Gasteiger partial charge in [0.05, 0.1) is 10.4 Å². The Morgan fingerprint density at radius 2 is 2.00 bits per heavy atom. The summed E-state index contributed by atoms with van der Waals surface area (Å²) in [5, 5.41) is 23.7. The van der Waals surface area contributed by atoms with Crippen molar-refractivity contribution in [1.82, 2.24) is 10.2 Å². The highest BCUT2D eigenvalue weighted by atomic mass is 16.6. The number of nitrogens with zero attached hydrogens (tertiary/aromatic N) is 2. The molecule has 0 atom stereocenters. The van der Waals surface area contributed by atoms with Crippen LogP contribution in [-0.2, 0) is 0 Å². The van der Waals surface area contributed by atoms with Crippen LogP contribution in [0, 0.1) is 17.0 Å². The normalized spacial score (nSPS) is 10.5. The Bertz CT molecular complexity index is 903. The fraction of sp³-hybridized carbons (Fsp3) is 0.0667. The number of aromatic nitrogens is 2. The number of nitro benzene ring substituents is 1. The van der Waals surface area contributed by atoms with Gasteiger partial charge in [-0.05, 0) is 30.7 Å². The van der Waals surface area contributed by atoms with Crippen molar-refractivity contribution in [2.24, 2.45) is 0 Å². The molecule has 0 aliphatic rings. The standard InChI is InChI=1S/C15H13N5O3/c1-9-8-10(20(22)23)6-7-12(9)16-15(21)17-14-11-4-2-3-5-13(11)18-19-14/h2-8H,1H3,(H3,16,17,18,19,21). The molecule has 3 aromatic rings. The molecule has 0 fully saturated rings. The number of non-ortho nitro benzene ring substituents is 1. The molecule has 8 heteroatoms. The summed E-state index contributed by atoms with van der Waals surface area (Å²) in [6.07, 6.45) is 0. The van der Waals surface area contributed by atoms with Crippen molar-refractivity contribution in [1.29, 1.82) is 0 Å². The second kappa shape index (κ2) is 5.76. The van der Waals surface area contributed by atoms with Crippen LogP contribution in [-0.4, -0.2) is 21.2 Å². The highest BCUT2D eigenvalue weighted by molar-refractivity contribution is 6.04. The zero-order chi connectivity index (χ0) is 16.4. The van der Waals surface area contributed by atoms with E-state index < -0.39 is 11.0 Å². The van der Waals surface area contributed by atoms with E-state index in [-0.39, 0.29) is 5.69 Å². The number of aromatic amines is 1. The third-order valence-electron chi connectivity index (χ3n) is 3.37. The number of para-hydroxylation sites is 1. The van der Waals surface area contributed by atoms with Crippen molar-refractivity contribution in [3.05, 3.63) is 58.1 Å². The molecule has 0 aliphatic heterocycles. The molecule has 0 aliphatic carbocycles. The first kappa shape index (κ1) is 14.5. The number of anilines is 2. The van der Waals surface area contributed by atoms with Crippen LogP contribution in [0.5, 0.6) is 0 Å². The Morgan fingerprint density at radius 1 is 1.22 bits per heavy atom. The number of nitro groups is 1. The van der Waals surface area contributed by atoms with Gasteiger partial charge in [0.15, 0.2) is 5.82 Å². The van der Waals surface area contributed by atoms with Gasteiger partial charge in [0.25, 0.3) is 5.69 Å². The van der Waals surface area contributed by atoms with E-state index in [9.17, 15) is 14.9 Å². The van der Waals surface area contributed by atoms with Crippen LogP contribution in [0.25, 0.3) is 10.9 Å². The maximum absolute atomic E-state index is 12.1. The maximum atomic E-state index is 12.1. The molecule has 116 valence electrons. The number of benzene rings is 2. The molecule has 1 heterocycles. The monoisotopic (exact) mass is 311 g/mol. The molecule has 1 aromatic heterocycles. The Balaban J connectivity index is 1.76. The lowest BCUT2D eigenvalue weighted by Gasteiger charge is -2.08. The molecule has 2 aromatic carbocycles. The smallest absolute Gasteiger partial charge is 0.307 e. The summed E-state index contributed by atoms with van der Waals surface area (Å²) in [4.78, 5) is 22.3. The van der Waals surface area contributed by atoms with Crippen molar-refractivity contribution in [3.63, 3.8) is 0 Å². The lowest BCUT2D eigenvalue weighted by atomic mass is 10.2. The zero-order valence-electron chi connectivity index (χ0n) is 12.2. The van der Waals surface area contributed by atoms with Gasteiger partial charge in [0, 0.05) is 23.2 Å². The minimum atomic E-state index is -0.479. The quantitative estimate of drug-likeness (QED) is 0.508. The highest BCUT2D eigenvalue weighted by Gasteiger charge is 2.12. The van der Waals surface area contributed by atoms with Crippen LogP contribution in [0.3, 0.4) is 0 Å². The van der Waals surface area contributed by atoms with Crippen molar-refractivity contribution in [3.8, 4) is 0 Å². The highest BCUT2D eigenvalue weighted by Crippen LogP contribution is 2.22. The molecule has 0 bridgehead atoms. The first-order chi connectivity index (χ1) is 11.0. The van der Waals surface area contributed by atoms with Gasteiger partial charge in [-0.25, -0.2) is 4.79 Å². The number of carbonyl (C=O) groups excluding carboxylic acids is 1. The van der Waals surface area contributed by atoms with Gasteiger partial charge >= 0.3 is 6.03 Å². The van der Waals surface area contributed by atoms with Crippen LogP contribution in [0.4, 0.5) is 22.0 Å². The van der Waals surface area contributed by atoms with Gasteiger partial charge in [-0.2, -0.15) is 5.10 Å². The third kappa shape index (κ3) is 2.95. The Morgan fingerprint density at radius 3 is 2.74 bits per heavy atom.